The van der Waals surface area contributed by atoms with Crippen LogP contribution in [-0.4, -0.2) is 42.4 Å². The molecule has 7 atom stereocenters. The fraction of sp³-hybridized carbons (Fsp3) is 0.677. The van der Waals surface area contributed by atoms with E-state index in [4.69, 9.17) is 19.9 Å². The van der Waals surface area contributed by atoms with Gasteiger partial charge in [0.15, 0.2) is 0 Å². The molecule has 3 heterocycles. The molecule has 0 saturated carbocycles. The van der Waals surface area contributed by atoms with E-state index in [0.717, 1.165) is 51.4 Å². The summed E-state index contributed by atoms with van der Waals surface area (Å²) in [7, 11) is 0. The molecule has 2 N–H and O–H groups in total. The molecule has 206 valence electrons. The van der Waals surface area contributed by atoms with E-state index in [1.807, 2.05) is 24.3 Å². The lowest BCUT2D eigenvalue weighted by atomic mass is 9.90. The normalized spacial score (nSPS) is 36.0. The Labute approximate surface area is 223 Å². The zero-order chi connectivity index (χ0) is 26.6. The van der Waals surface area contributed by atoms with Crippen LogP contribution < -0.4 is 5.73 Å². The molecular formula is C31H47NO5. The van der Waals surface area contributed by atoms with Crippen molar-refractivity contribution >= 4 is 11.9 Å². The summed E-state index contributed by atoms with van der Waals surface area (Å²) in [4.78, 5) is 23.9. The van der Waals surface area contributed by atoms with Crippen LogP contribution in [0.2, 0.25) is 0 Å². The fourth-order valence-corrected chi connectivity index (χ4v) is 5.57. The molecule has 3 aliphatic rings. The topological polar surface area (TPSA) is 87.9 Å². The van der Waals surface area contributed by atoms with Gasteiger partial charge in [-0.25, -0.2) is 0 Å². The van der Waals surface area contributed by atoms with Gasteiger partial charge in [0.1, 0.15) is 6.10 Å². The van der Waals surface area contributed by atoms with Crippen LogP contribution in [0, 0.1) is 11.8 Å². The number of ether oxygens (including phenoxy) is 3. The summed E-state index contributed by atoms with van der Waals surface area (Å²) >= 11 is 0. The standard InChI is InChI=1S/C31H47NO5/c1-4-24-18-27-20-26-12-10-11-25(35-26)17-22(2)15-16-23(3)29(37-31(34)21-28(19-24)36-27)13-8-6-5-7-9-14-30(32)33/h4-6,8,13,15-16,22-23,25-29H,7,9-12,14,17-21H2,1-3H3,(H2,32,33)/b6-5-,13-8+,16-15+,24-4-. The third kappa shape index (κ3) is 10.6. The van der Waals surface area contributed by atoms with E-state index >= 15 is 0 Å². The molecule has 0 aliphatic carbocycles. The molecule has 0 spiro atoms. The molecular weight excluding hydrogens is 466 g/mol. The third-order valence-corrected chi connectivity index (χ3v) is 7.64. The highest BCUT2D eigenvalue weighted by Crippen LogP contribution is 2.33. The van der Waals surface area contributed by atoms with Crippen molar-refractivity contribution in [3.63, 3.8) is 0 Å². The van der Waals surface area contributed by atoms with Crippen molar-refractivity contribution in [1.82, 2.24) is 0 Å². The zero-order valence-electron chi connectivity index (χ0n) is 23.0. The van der Waals surface area contributed by atoms with Crippen molar-refractivity contribution < 1.29 is 23.8 Å². The van der Waals surface area contributed by atoms with Crippen LogP contribution in [-0.2, 0) is 23.8 Å². The van der Waals surface area contributed by atoms with Crippen LogP contribution in [0.4, 0.5) is 0 Å². The number of unbranched alkanes of at least 4 members (excludes halogenated alkanes) is 1. The first-order valence-electron chi connectivity index (χ1n) is 14.3. The summed E-state index contributed by atoms with van der Waals surface area (Å²) in [6, 6.07) is 0. The number of fused-ring (bicyclic) bond motifs is 4. The number of allylic oxidation sites excluding steroid dienone is 5. The van der Waals surface area contributed by atoms with Gasteiger partial charge in [0, 0.05) is 18.8 Å². The number of carbonyl (C=O) groups is 2. The second kappa shape index (κ2) is 15.3. The Hall–Kier alpha value is -2.18. The summed E-state index contributed by atoms with van der Waals surface area (Å²) in [5.41, 5.74) is 6.55. The lowest BCUT2D eigenvalue weighted by Gasteiger charge is -2.37. The second-order valence-corrected chi connectivity index (χ2v) is 11.1. The quantitative estimate of drug-likeness (QED) is 0.200. The monoisotopic (exact) mass is 513 g/mol. The van der Waals surface area contributed by atoms with Crippen molar-refractivity contribution in [2.75, 3.05) is 0 Å². The molecule has 1 amide bonds. The Morgan fingerprint density at radius 3 is 2.49 bits per heavy atom. The van der Waals surface area contributed by atoms with E-state index in [0.29, 0.717) is 12.3 Å². The predicted octanol–water partition coefficient (Wildman–Crippen LogP) is 6.11. The molecule has 7 unspecified atom stereocenters. The number of esters is 1. The maximum absolute atomic E-state index is 13.0. The summed E-state index contributed by atoms with van der Waals surface area (Å²) in [6.07, 6.45) is 23.6. The molecule has 2 saturated heterocycles. The first-order chi connectivity index (χ1) is 17.8. The Kier molecular flexibility index (Phi) is 12.1. The van der Waals surface area contributed by atoms with E-state index in [1.54, 1.807) is 0 Å². The van der Waals surface area contributed by atoms with Crippen molar-refractivity contribution in [1.29, 1.82) is 0 Å². The molecule has 6 heteroatoms. The third-order valence-electron chi connectivity index (χ3n) is 7.64. The second-order valence-electron chi connectivity index (χ2n) is 11.1. The van der Waals surface area contributed by atoms with Crippen molar-refractivity contribution in [3.05, 3.63) is 48.1 Å². The molecule has 6 nitrogen and oxygen atoms in total. The number of hydrogen-bond donors (Lipinski definition) is 1. The minimum atomic E-state index is -0.366. The number of hydrogen-bond acceptors (Lipinski definition) is 5. The molecule has 3 aliphatic heterocycles. The van der Waals surface area contributed by atoms with E-state index in [9.17, 15) is 9.59 Å². The lowest BCUT2D eigenvalue weighted by molar-refractivity contribution is -0.154. The van der Waals surface area contributed by atoms with Crippen LogP contribution in [0.3, 0.4) is 0 Å². The number of carbonyl (C=O) groups excluding carboxylic acids is 2. The van der Waals surface area contributed by atoms with E-state index < -0.39 is 0 Å². The minimum Gasteiger partial charge on any atom is -0.457 e. The average Bonchev–Trinajstić information content (AvgIpc) is 2.85. The van der Waals surface area contributed by atoms with Crippen molar-refractivity contribution in [3.8, 4) is 0 Å². The lowest BCUT2D eigenvalue weighted by Crippen LogP contribution is -2.37. The molecule has 0 aromatic carbocycles. The van der Waals surface area contributed by atoms with Gasteiger partial charge >= 0.3 is 5.97 Å². The predicted molar refractivity (Wildman–Crippen MR) is 147 cm³/mol. The highest BCUT2D eigenvalue weighted by atomic mass is 16.5. The minimum absolute atomic E-state index is 0.0324. The molecule has 3 rings (SSSR count). The summed E-state index contributed by atoms with van der Waals surface area (Å²) in [5.74, 6) is -0.0866. The van der Waals surface area contributed by atoms with Gasteiger partial charge in [0.2, 0.25) is 5.91 Å². The highest BCUT2D eigenvalue weighted by Gasteiger charge is 2.32. The molecule has 0 aromatic rings. The first-order valence-corrected chi connectivity index (χ1v) is 14.3. The number of rotatable bonds is 6. The number of amides is 1. The van der Waals surface area contributed by atoms with Crippen molar-refractivity contribution in [2.45, 2.75) is 122 Å². The van der Waals surface area contributed by atoms with Gasteiger partial charge in [-0.1, -0.05) is 55.9 Å². The molecule has 0 radical (unpaired) electrons. The van der Waals surface area contributed by atoms with Gasteiger partial charge < -0.3 is 19.9 Å². The summed E-state index contributed by atoms with van der Waals surface area (Å²) in [6.45, 7) is 6.39. The Morgan fingerprint density at radius 1 is 1.00 bits per heavy atom. The Balaban J connectivity index is 1.73. The molecule has 4 bridgehead atoms. The first kappa shape index (κ1) is 29.4. The Morgan fingerprint density at radius 2 is 1.73 bits per heavy atom. The van der Waals surface area contributed by atoms with Crippen LogP contribution in [0.1, 0.15) is 91.4 Å². The van der Waals surface area contributed by atoms with Crippen molar-refractivity contribution in [2.24, 2.45) is 17.6 Å². The van der Waals surface area contributed by atoms with Crippen LogP contribution in [0.5, 0.6) is 0 Å². The largest absolute Gasteiger partial charge is 0.457 e. The number of primary amides is 1. The summed E-state index contributed by atoms with van der Waals surface area (Å²) in [5, 5.41) is 0. The zero-order valence-corrected chi connectivity index (χ0v) is 23.0. The van der Waals surface area contributed by atoms with Gasteiger partial charge in [-0.2, -0.15) is 0 Å². The fourth-order valence-electron chi connectivity index (χ4n) is 5.57. The van der Waals surface area contributed by atoms with E-state index in [2.05, 4.69) is 39.0 Å². The van der Waals surface area contributed by atoms with Crippen LogP contribution in [0.15, 0.2) is 48.1 Å². The van der Waals surface area contributed by atoms with Crippen LogP contribution >= 0.6 is 0 Å². The molecule has 0 aromatic heterocycles. The van der Waals surface area contributed by atoms with Gasteiger partial charge in [0.05, 0.1) is 30.8 Å². The van der Waals surface area contributed by atoms with E-state index in [1.165, 1.54) is 12.0 Å². The SMILES string of the molecule is C/C=C1\CC2CC(=O)OC(/C=C/C=C\CCCC(N)=O)C(C)/C=C/C(C)CC3CCCC(CC(C1)O2)O3. The van der Waals surface area contributed by atoms with Gasteiger partial charge in [-0.15, -0.1) is 0 Å². The van der Waals surface area contributed by atoms with Gasteiger partial charge in [0.25, 0.3) is 0 Å². The highest BCUT2D eigenvalue weighted by molar-refractivity contribution is 5.73. The molecule has 37 heavy (non-hydrogen) atoms. The average molecular weight is 514 g/mol. The van der Waals surface area contributed by atoms with E-state index in [-0.39, 0.29) is 54.7 Å². The Bertz CT molecular complexity index is 860. The molecule has 2 fully saturated rings. The maximum Gasteiger partial charge on any atom is 0.309 e. The maximum atomic E-state index is 13.0. The smallest absolute Gasteiger partial charge is 0.309 e. The van der Waals surface area contributed by atoms with Crippen LogP contribution in [0.25, 0.3) is 0 Å². The summed E-state index contributed by atoms with van der Waals surface area (Å²) < 4.78 is 18.9. The number of nitrogens with two attached hydrogens (primary N) is 1. The number of cyclic esters (lactones) is 1. The van der Waals surface area contributed by atoms with Gasteiger partial charge in [-0.3, -0.25) is 9.59 Å². The van der Waals surface area contributed by atoms with Gasteiger partial charge in [-0.05, 0) is 70.3 Å².